The van der Waals surface area contributed by atoms with Gasteiger partial charge in [0.1, 0.15) is 5.60 Å². The minimum Gasteiger partial charge on any atom is -0.470 e. The van der Waals surface area contributed by atoms with Crippen LogP contribution in [0, 0.1) is 5.92 Å². The van der Waals surface area contributed by atoms with Gasteiger partial charge in [0, 0.05) is 21.2 Å². The van der Waals surface area contributed by atoms with Crippen molar-refractivity contribution in [2.24, 2.45) is 5.92 Å². The van der Waals surface area contributed by atoms with Crippen molar-refractivity contribution in [3.8, 4) is 28.3 Å². The Bertz CT molecular complexity index is 1090. The second-order valence-corrected chi connectivity index (χ2v) is 8.74. The second kappa shape index (κ2) is 7.47. The van der Waals surface area contributed by atoms with Crippen LogP contribution in [0.5, 0.6) is 5.88 Å². The summed E-state index contributed by atoms with van der Waals surface area (Å²) in [7, 11) is 0. The molecule has 1 atom stereocenters. The first-order valence-corrected chi connectivity index (χ1v) is 10.3. The molecule has 1 aromatic heterocycles. The molecule has 0 spiro atoms. The van der Waals surface area contributed by atoms with Crippen LogP contribution in [-0.2, 0) is 0 Å². The highest BCUT2D eigenvalue weighted by Crippen LogP contribution is 2.42. The molecule has 5 heteroatoms. The van der Waals surface area contributed by atoms with Gasteiger partial charge in [0.05, 0.1) is 17.7 Å². The van der Waals surface area contributed by atoms with Crippen molar-refractivity contribution in [1.82, 2.24) is 4.98 Å². The summed E-state index contributed by atoms with van der Waals surface area (Å²) >= 11 is 12.6. The molecular formula is C24H21Cl2NO2. The first kappa shape index (κ1) is 19.9. The molecule has 2 aromatic carbocycles. The quantitative estimate of drug-likeness (QED) is 0.448. The van der Waals surface area contributed by atoms with Gasteiger partial charge in [-0.1, -0.05) is 67.4 Å². The van der Waals surface area contributed by atoms with E-state index in [0.29, 0.717) is 33.6 Å². The number of carbonyl (C=O) groups is 1. The maximum atomic E-state index is 13.0. The van der Waals surface area contributed by atoms with Gasteiger partial charge in [-0.2, -0.15) is 0 Å². The van der Waals surface area contributed by atoms with E-state index in [1.165, 1.54) is 0 Å². The second-order valence-electron chi connectivity index (χ2n) is 7.89. The lowest BCUT2D eigenvalue weighted by Crippen LogP contribution is -2.44. The van der Waals surface area contributed by atoms with Gasteiger partial charge in [-0.15, -0.1) is 0 Å². The van der Waals surface area contributed by atoms with Gasteiger partial charge in [-0.3, -0.25) is 4.79 Å². The maximum Gasteiger partial charge on any atom is 0.225 e. The lowest BCUT2D eigenvalue weighted by atomic mass is 9.83. The van der Waals surface area contributed by atoms with Gasteiger partial charge in [-0.25, -0.2) is 4.98 Å². The number of hydrogen-bond acceptors (Lipinski definition) is 3. The van der Waals surface area contributed by atoms with Gasteiger partial charge in [0.2, 0.25) is 5.88 Å². The lowest BCUT2D eigenvalue weighted by molar-refractivity contribution is 0.0175. The Morgan fingerprint density at radius 2 is 1.69 bits per heavy atom. The highest BCUT2D eigenvalue weighted by Gasteiger charge is 2.40. The van der Waals surface area contributed by atoms with Crippen LogP contribution in [-0.4, -0.2) is 16.4 Å². The molecule has 0 bridgehead atoms. The molecule has 1 aliphatic heterocycles. The van der Waals surface area contributed by atoms with Gasteiger partial charge in [0.15, 0.2) is 5.78 Å². The maximum absolute atomic E-state index is 13.0. The molecule has 29 heavy (non-hydrogen) atoms. The van der Waals surface area contributed by atoms with Crippen molar-refractivity contribution < 1.29 is 9.53 Å². The predicted octanol–water partition coefficient (Wildman–Crippen LogP) is 7.10. The number of ether oxygens (including phenoxy) is 1. The largest absolute Gasteiger partial charge is 0.470 e. The van der Waals surface area contributed by atoms with Crippen molar-refractivity contribution in [3.05, 3.63) is 70.2 Å². The fraction of sp³-hybridized carbons (Fsp3) is 0.250. The van der Waals surface area contributed by atoms with Crippen molar-refractivity contribution in [2.45, 2.75) is 32.8 Å². The van der Waals surface area contributed by atoms with E-state index in [4.69, 9.17) is 32.9 Å². The van der Waals surface area contributed by atoms with Crippen LogP contribution < -0.4 is 4.74 Å². The zero-order valence-electron chi connectivity index (χ0n) is 16.5. The molecule has 0 saturated heterocycles. The molecule has 0 radical (unpaired) electrons. The van der Waals surface area contributed by atoms with Gasteiger partial charge >= 0.3 is 0 Å². The summed E-state index contributed by atoms with van der Waals surface area (Å²) in [6.45, 7) is 6.06. The molecule has 1 unspecified atom stereocenters. The zero-order valence-corrected chi connectivity index (χ0v) is 18.0. The summed E-state index contributed by atoms with van der Waals surface area (Å²) in [4.78, 5) is 17.8. The first-order chi connectivity index (χ1) is 13.8. The van der Waals surface area contributed by atoms with Gasteiger partial charge in [0.25, 0.3) is 0 Å². The number of carbonyl (C=O) groups excluding carboxylic acids is 1. The molecule has 2 heterocycles. The van der Waals surface area contributed by atoms with E-state index >= 15 is 0 Å². The monoisotopic (exact) mass is 425 g/mol. The van der Waals surface area contributed by atoms with Crippen LogP contribution in [0.25, 0.3) is 22.4 Å². The average Bonchev–Trinajstić information content (AvgIpc) is 2.68. The van der Waals surface area contributed by atoms with Crippen molar-refractivity contribution >= 4 is 29.0 Å². The SMILES string of the molecule is CC(C)C1(C)CC(=O)c2cc(-c3ccc(Cl)cc3)c(-c3ccccc3Cl)nc2O1. The van der Waals surface area contributed by atoms with Crippen molar-refractivity contribution in [3.63, 3.8) is 0 Å². The Hall–Kier alpha value is -2.36. The number of aromatic nitrogens is 1. The third kappa shape index (κ3) is 3.65. The average molecular weight is 426 g/mol. The van der Waals surface area contributed by atoms with E-state index in [1.807, 2.05) is 61.5 Å². The van der Waals surface area contributed by atoms with Crippen molar-refractivity contribution in [1.29, 1.82) is 0 Å². The fourth-order valence-electron chi connectivity index (χ4n) is 3.47. The number of rotatable bonds is 3. The van der Waals surface area contributed by atoms with Crippen molar-refractivity contribution in [2.75, 3.05) is 0 Å². The Morgan fingerprint density at radius 3 is 2.34 bits per heavy atom. The summed E-state index contributed by atoms with van der Waals surface area (Å²) in [5, 5.41) is 1.23. The van der Waals surface area contributed by atoms with E-state index in [0.717, 1.165) is 16.7 Å². The molecule has 3 aromatic rings. The van der Waals surface area contributed by atoms with Gasteiger partial charge < -0.3 is 4.74 Å². The molecule has 148 valence electrons. The fourth-order valence-corrected chi connectivity index (χ4v) is 3.83. The molecule has 0 aliphatic carbocycles. The number of Topliss-reactive ketones (excluding diaryl/α,β-unsaturated/α-hetero) is 1. The lowest BCUT2D eigenvalue weighted by Gasteiger charge is -2.37. The Labute approximate surface area is 180 Å². The van der Waals surface area contributed by atoms with E-state index in [-0.39, 0.29) is 11.7 Å². The summed E-state index contributed by atoms with van der Waals surface area (Å²) in [6.07, 6.45) is 0.324. The predicted molar refractivity (Wildman–Crippen MR) is 118 cm³/mol. The molecule has 0 fully saturated rings. The van der Waals surface area contributed by atoms with Crippen LogP contribution in [0.2, 0.25) is 10.0 Å². The first-order valence-electron chi connectivity index (χ1n) is 9.56. The summed E-state index contributed by atoms with van der Waals surface area (Å²) in [5.74, 6) is 0.571. The van der Waals surface area contributed by atoms with Crippen LogP contribution in [0.1, 0.15) is 37.6 Å². The summed E-state index contributed by atoms with van der Waals surface area (Å²) < 4.78 is 6.27. The number of halogens is 2. The minimum absolute atomic E-state index is 0.0378. The van der Waals surface area contributed by atoms with Crippen LogP contribution >= 0.6 is 23.2 Å². The van der Waals surface area contributed by atoms with Crippen LogP contribution in [0.4, 0.5) is 0 Å². The molecule has 0 amide bonds. The number of benzene rings is 2. The number of pyridine rings is 1. The Balaban J connectivity index is 1.97. The normalized spacial score (nSPS) is 18.5. The highest BCUT2D eigenvalue weighted by molar-refractivity contribution is 6.33. The topological polar surface area (TPSA) is 39.2 Å². The van der Waals surface area contributed by atoms with E-state index in [2.05, 4.69) is 13.8 Å². The van der Waals surface area contributed by atoms with Crippen LogP contribution in [0.3, 0.4) is 0 Å². The van der Waals surface area contributed by atoms with E-state index in [1.54, 1.807) is 0 Å². The Kier molecular flexibility index (Phi) is 5.14. The summed E-state index contributed by atoms with van der Waals surface area (Å²) in [5.41, 5.74) is 3.11. The number of fused-ring (bicyclic) bond motifs is 1. The van der Waals surface area contributed by atoms with E-state index in [9.17, 15) is 4.79 Å². The molecule has 1 aliphatic rings. The number of hydrogen-bond donors (Lipinski definition) is 0. The standard InChI is InChI=1S/C24H21Cl2NO2/c1-14(2)24(3)13-21(28)19-12-18(15-8-10-16(25)11-9-15)22(27-23(19)29-24)17-6-4-5-7-20(17)26/h4-12,14H,13H2,1-3H3. The third-order valence-corrected chi connectivity index (χ3v) is 6.22. The smallest absolute Gasteiger partial charge is 0.225 e. The molecule has 0 N–H and O–H groups in total. The van der Waals surface area contributed by atoms with Crippen LogP contribution in [0.15, 0.2) is 54.6 Å². The highest BCUT2D eigenvalue weighted by atomic mass is 35.5. The van der Waals surface area contributed by atoms with E-state index < -0.39 is 5.60 Å². The van der Waals surface area contributed by atoms with Gasteiger partial charge in [-0.05, 0) is 42.7 Å². The molecule has 0 saturated carbocycles. The number of nitrogens with zero attached hydrogens (tertiary/aromatic N) is 1. The molecule has 3 nitrogen and oxygen atoms in total. The molecule has 4 rings (SSSR count). The minimum atomic E-state index is -0.587. The third-order valence-electron chi connectivity index (χ3n) is 5.63. The zero-order chi connectivity index (χ0) is 20.8. The Morgan fingerprint density at radius 1 is 1.00 bits per heavy atom. The number of ketones is 1. The summed E-state index contributed by atoms with van der Waals surface area (Å²) in [6, 6.07) is 16.9. The molecular weight excluding hydrogens is 405 g/mol.